The van der Waals surface area contributed by atoms with E-state index in [0.29, 0.717) is 0 Å². The third kappa shape index (κ3) is 3.95. The molecule has 1 aliphatic rings. The fourth-order valence-corrected chi connectivity index (χ4v) is 4.49. The van der Waals surface area contributed by atoms with E-state index in [1.165, 1.54) is 33.5 Å². The molecule has 0 bridgehead atoms. The zero-order valence-electron chi connectivity index (χ0n) is 14.1. The second kappa shape index (κ2) is 7.63. The first kappa shape index (κ1) is 19.3. The quantitative estimate of drug-likeness (QED) is 0.570. The van der Waals surface area contributed by atoms with Crippen LogP contribution in [-0.4, -0.2) is 54.6 Å². The molecule has 0 unspecified atom stereocenters. The summed E-state index contributed by atoms with van der Waals surface area (Å²) in [5, 5.41) is 11.4. The van der Waals surface area contributed by atoms with Crippen LogP contribution >= 0.6 is 11.6 Å². The lowest BCUT2D eigenvalue weighted by molar-refractivity contribution is -0.385. The predicted molar refractivity (Wildman–Crippen MR) is 99.2 cm³/mol. The fourth-order valence-electron chi connectivity index (χ4n) is 2.88. The summed E-state index contributed by atoms with van der Waals surface area (Å²) in [5.41, 5.74) is -0.435. The molecule has 1 amide bonds. The van der Waals surface area contributed by atoms with Crippen molar-refractivity contribution in [1.29, 1.82) is 0 Å². The number of nitro groups is 1. The van der Waals surface area contributed by atoms with Gasteiger partial charge in [0.1, 0.15) is 5.56 Å². The highest BCUT2D eigenvalue weighted by molar-refractivity contribution is 7.89. The minimum atomic E-state index is -3.63. The molecule has 2 aromatic rings. The Morgan fingerprint density at radius 1 is 1.04 bits per heavy atom. The van der Waals surface area contributed by atoms with Gasteiger partial charge in [-0.05, 0) is 24.3 Å². The molecule has 1 aliphatic heterocycles. The maximum Gasteiger partial charge on any atom is 0.283 e. The third-order valence-corrected chi connectivity index (χ3v) is 6.44. The van der Waals surface area contributed by atoms with E-state index >= 15 is 0 Å². The first-order valence-electron chi connectivity index (χ1n) is 8.09. The zero-order chi connectivity index (χ0) is 19.6. The average molecular weight is 410 g/mol. The van der Waals surface area contributed by atoms with Gasteiger partial charge in [0, 0.05) is 37.3 Å². The molecule has 0 radical (unpaired) electrons. The van der Waals surface area contributed by atoms with E-state index in [2.05, 4.69) is 0 Å². The number of nitro benzene ring substituents is 1. The molecular weight excluding hydrogens is 394 g/mol. The highest BCUT2D eigenvalue weighted by Gasteiger charge is 2.32. The maximum absolute atomic E-state index is 12.7. The molecule has 10 heteroatoms. The Bertz CT molecular complexity index is 973. The predicted octanol–water partition coefficient (Wildman–Crippen LogP) is 2.39. The lowest BCUT2D eigenvalue weighted by Gasteiger charge is -2.34. The summed E-state index contributed by atoms with van der Waals surface area (Å²) in [6, 6.07) is 11.9. The van der Waals surface area contributed by atoms with E-state index in [9.17, 15) is 23.3 Å². The minimum absolute atomic E-state index is 0.0660. The molecule has 1 fully saturated rings. The SMILES string of the molecule is O=C(c1ccc(Cl)cc1[N+](=O)[O-])N1CCN(S(=O)(=O)c2ccccc2)CC1. The van der Waals surface area contributed by atoms with E-state index in [0.717, 1.165) is 6.07 Å². The van der Waals surface area contributed by atoms with Crippen LogP contribution < -0.4 is 0 Å². The monoisotopic (exact) mass is 409 g/mol. The molecule has 0 aromatic heterocycles. The van der Waals surface area contributed by atoms with Crippen LogP contribution in [0.25, 0.3) is 0 Å². The summed E-state index contributed by atoms with van der Waals surface area (Å²) < 4.78 is 26.6. The van der Waals surface area contributed by atoms with Crippen molar-refractivity contribution >= 4 is 33.2 Å². The van der Waals surface area contributed by atoms with Crippen molar-refractivity contribution in [2.24, 2.45) is 0 Å². The van der Waals surface area contributed by atoms with Crippen LogP contribution in [0.1, 0.15) is 10.4 Å². The molecule has 1 saturated heterocycles. The summed E-state index contributed by atoms with van der Waals surface area (Å²) in [5.74, 6) is -0.518. The van der Waals surface area contributed by atoms with Gasteiger partial charge in [0.2, 0.25) is 10.0 Å². The van der Waals surface area contributed by atoms with Gasteiger partial charge in [-0.25, -0.2) is 8.42 Å². The van der Waals surface area contributed by atoms with Crippen LogP contribution in [0.3, 0.4) is 0 Å². The lowest BCUT2D eigenvalue weighted by atomic mass is 10.1. The van der Waals surface area contributed by atoms with Gasteiger partial charge in [-0.3, -0.25) is 14.9 Å². The molecular formula is C17H16ClN3O5S. The van der Waals surface area contributed by atoms with Crippen LogP contribution in [-0.2, 0) is 10.0 Å². The molecule has 142 valence electrons. The minimum Gasteiger partial charge on any atom is -0.336 e. The number of carbonyl (C=O) groups excluding carboxylic acids is 1. The Labute approximate surface area is 161 Å². The number of sulfonamides is 1. The molecule has 0 atom stereocenters. The van der Waals surface area contributed by atoms with Crippen molar-refractivity contribution in [3.8, 4) is 0 Å². The van der Waals surface area contributed by atoms with Crippen molar-refractivity contribution < 1.29 is 18.1 Å². The van der Waals surface area contributed by atoms with E-state index in [4.69, 9.17) is 11.6 Å². The molecule has 2 aromatic carbocycles. The number of rotatable bonds is 4. The van der Waals surface area contributed by atoms with Gasteiger partial charge in [0.15, 0.2) is 0 Å². The lowest BCUT2D eigenvalue weighted by Crippen LogP contribution is -2.50. The number of carbonyl (C=O) groups is 1. The molecule has 3 rings (SSSR count). The Morgan fingerprint density at radius 3 is 2.26 bits per heavy atom. The van der Waals surface area contributed by atoms with Crippen LogP contribution in [0, 0.1) is 10.1 Å². The van der Waals surface area contributed by atoms with Crippen molar-refractivity contribution in [3.05, 3.63) is 69.2 Å². The smallest absolute Gasteiger partial charge is 0.283 e. The normalized spacial score (nSPS) is 15.5. The summed E-state index contributed by atoms with van der Waals surface area (Å²) in [6.07, 6.45) is 0. The Kier molecular flexibility index (Phi) is 5.45. The third-order valence-electron chi connectivity index (χ3n) is 4.29. The van der Waals surface area contributed by atoms with Gasteiger partial charge >= 0.3 is 0 Å². The summed E-state index contributed by atoms with van der Waals surface area (Å²) in [6.45, 7) is 0.518. The number of hydrogen-bond acceptors (Lipinski definition) is 5. The largest absolute Gasteiger partial charge is 0.336 e. The van der Waals surface area contributed by atoms with E-state index in [1.807, 2.05) is 0 Å². The standard InChI is InChI=1S/C17H16ClN3O5S/c18-13-6-7-15(16(12-13)21(23)24)17(22)19-8-10-20(11-9-19)27(25,26)14-4-2-1-3-5-14/h1-7,12H,8-11H2. The highest BCUT2D eigenvalue weighted by atomic mass is 35.5. The summed E-state index contributed by atoms with van der Waals surface area (Å²) in [7, 11) is -3.63. The molecule has 0 saturated carbocycles. The van der Waals surface area contributed by atoms with E-state index in [-0.39, 0.29) is 47.3 Å². The van der Waals surface area contributed by atoms with Gasteiger partial charge in [0.25, 0.3) is 11.6 Å². The number of benzene rings is 2. The Hall–Kier alpha value is -2.49. The van der Waals surface area contributed by atoms with Crippen LogP contribution in [0.5, 0.6) is 0 Å². The van der Waals surface area contributed by atoms with E-state index in [1.54, 1.807) is 18.2 Å². The van der Waals surface area contributed by atoms with Crippen molar-refractivity contribution in [2.75, 3.05) is 26.2 Å². The van der Waals surface area contributed by atoms with Crippen LogP contribution in [0.4, 0.5) is 5.69 Å². The topological polar surface area (TPSA) is 101 Å². The maximum atomic E-state index is 12.7. The first-order valence-corrected chi connectivity index (χ1v) is 9.91. The van der Waals surface area contributed by atoms with Crippen molar-refractivity contribution in [1.82, 2.24) is 9.21 Å². The number of amides is 1. The first-order chi connectivity index (χ1) is 12.8. The average Bonchev–Trinajstić information content (AvgIpc) is 2.68. The summed E-state index contributed by atoms with van der Waals surface area (Å²) >= 11 is 5.78. The summed E-state index contributed by atoms with van der Waals surface area (Å²) in [4.78, 5) is 24.8. The molecule has 8 nitrogen and oxygen atoms in total. The Balaban J connectivity index is 1.75. The molecule has 0 N–H and O–H groups in total. The van der Waals surface area contributed by atoms with Crippen molar-refractivity contribution in [3.63, 3.8) is 0 Å². The Morgan fingerprint density at radius 2 is 1.67 bits per heavy atom. The van der Waals surface area contributed by atoms with Crippen molar-refractivity contribution in [2.45, 2.75) is 4.90 Å². The highest BCUT2D eigenvalue weighted by Crippen LogP contribution is 2.25. The molecule has 0 spiro atoms. The van der Waals surface area contributed by atoms with E-state index < -0.39 is 20.9 Å². The number of halogens is 1. The van der Waals surface area contributed by atoms with Crippen LogP contribution in [0.15, 0.2) is 53.4 Å². The van der Waals surface area contributed by atoms with Gasteiger partial charge in [-0.15, -0.1) is 0 Å². The zero-order valence-corrected chi connectivity index (χ0v) is 15.7. The number of hydrogen-bond donors (Lipinski definition) is 0. The van der Waals surface area contributed by atoms with Gasteiger partial charge in [-0.1, -0.05) is 29.8 Å². The molecule has 27 heavy (non-hydrogen) atoms. The second-order valence-corrected chi connectivity index (χ2v) is 8.30. The molecule has 0 aliphatic carbocycles. The van der Waals surface area contributed by atoms with Gasteiger partial charge in [-0.2, -0.15) is 4.31 Å². The van der Waals surface area contributed by atoms with Crippen LogP contribution in [0.2, 0.25) is 5.02 Å². The second-order valence-electron chi connectivity index (χ2n) is 5.93. The number of piperazine rings is 1. The fraction of sp³-hybridized carbons (Fsp3) is 0.235. The number of nitrogens with zero attached hydrogens (tertiary/aromatic N) is 3. The van der Waals surface area contributed by atoms with Gasteiger partial charge in [0.05, 0.1) is 9.82 Å². The van der Waals surface area contributed by atoms with Gasteiger partial charge < -0.3 is 4.90 Å². The molecule has 1 heterocycles.